The lowest BCUT2D eigenvalue weighted by Gasteiger charge is -2.22. The van der Waals surface area contributed by atoms with Gasteiger partial charge in [-0.3, -0.25) is 4.79 Å². The average Bonchev–Trinajstić information content (AvgIpc) is 2.40. The summed E-state index contributed by atoms with van der Waals surface area (Å²) in [5.41, 5.74) is 1.05. The first-order valence-electron chi connectivity index (χ1n) is 5.92. The summed E-state index contributed by atoms with van der Waals surface area (Å²) in [5, 5.41) is 15.1. The number of nitriles is 1. The summed E-state index contributed by atoms with van der Waals surface area (Å²) < 4.78 is 0.846. The minimum absolute atomic E-state index is 0.00993. The number of hydrogen-bond acceptors (Lipinski definition) is 3. The second-order valence-corrected chi connectivity index (χ2v) is 5.25. The summed E-state index contributed by atoms with van der Waals surface area (Å²) in [7, 11) is 0. The van der Waals surface area contributed by atoms with Crippen LogP contribution in [-0.2, 0) is 4.79 Å². The summed E-state index contributed by atoms with van der Waals surface area (Å²) in [5.74, 6) is -0.0268. The number of rotatable bonds is 2. The highest BCUT2D eigenvalue weighted by atomic mass is 79.9. The van der Waals surface area contributed by atoms with E-state index in [4.69, 9.17) is 5.26 Å². The third-order valence-electron chi connectivity index (χ3n) is 3.03. The minimum Gasteiger partial charge on any atom is -0.325 e. The molecule has 0 radical (unpaired) electrons. The van der Waals surface area contributed by atoms with E-state index in [1.165, 1.54) is 0 Å². The maximum Gasteiger partial charge on any atom is 0.228 e. The van der Waals surface area contributed by atoms with Crippen molar-refractivity contribution in [3.8, 4) is 6.07 Å². The molecule has 2 N–H and O–H groups in total. The number of hydrogen-bond donors (Lipinski definition) is 2. The van der Waals surface area contributed by atoms with Gasteiger partial charge >= 0.3 is 0 Å². The lowest BCUT2D eigenvalue weighted by Crippen LogP contribution is -2.37. The van der Waals surface area contributed by atoms with Crippen molar-refractivity contribution >= 4 is 27.5 Å². The van der Waals surface area contributed by atoms with E-state index in [-0.39, 0.29) is 11.8 Å². The Morgan fingerprint density at radius 3 is 3.06 bits per heavy atom. The molecule has 1 aliphatic rings. The van der Waals surface area contributed by atoms with Gasteiger partial charge < -0.3 is 10.6 Å². The first-order valence-corrected chi connectivity index (χ1v) is 6.71. The van der Waals surface area contributed by atoms with Crippen LogP contribution in [0, 0.1) is 17.2 Å². The Balaban J connectivity index is 2.11. The zero-order chi connectivity index (χ0) is 13.0. The molecule has 0 aliphatic carbocycles. The molecule has 1 aliphatic heterocycles. The molecule has 0 unspecified atom stereocenters. The smallest absolute Gasteiger partial charge is 0.228 e. The fourth-order valence-corrected chi connectivity index (χ4v) is 2.39. The average molecular weight is 308 g/mol. The summed E-state index contributed by atoms with van der Waals surface area (Å²) in [6, 6.07) is 7.32. The van der Waals surface area contributed by atoms with Crippen molar-refractivity contribution in [1.29, 1.82) is 5.26 Å². The van der Waals surface area contributed by atoms with Gasteiger partial charge in [0.1, 0.15) is 6.07 Å². The van der Waals surface area contributed by atoms with E-state index >= 15 is 0 Å². The summed E-state index contributed by atoms with van der Waals surface area (Å²) in [4.78, 5) is 12.1. The van der Waals surface area contributed by atoms with Crippen molar-refractivity contribution in [1.82, 2.24) is 5.32 Å². The largest absolute Gasteiger partial charge is 0.325 e. The van der Waals surface area contributed by atoms with Crippen LogP contribution in [0.5, 0.6) is 0 Å². The minimum atomic E-state index is -0.0169. The molecule has 1 fully saturated rings. The molecule has 1 saturated heterocycles. The number of carbonyl (C=O) groups excluding carboxylic acids is 1. The summed E-state index contributed by atoms with van der Waals surface area (Å²) in [6.45, 7) is 1.69. The van der Waals surface area contributed by atoms with E-state index in [9.17, 15) is 4.79 Å². The number of nitrogens with zero attached hydrogens (tertiary/aromatic N) is 1. The van der Waals surface area contributed by atoms with Crippen molar-refractivity contribution in [2.24, 2.45) is 5.92 Å². The monoisotopic (exact) mass is 307 g/mol. The van der Waals surface area contributed by atoms with E-state index in [0.717, 1.165) is 23.9 Å². The Morgan fingerprint density at radius 1 is 1.56 bits per heavy atom. The van der Waals surface area contributed by atoms with Crippen LogP contribution in [0.4, 0.5) is 5.69 Å². The Morgan fingerprint density at radius 2 is 2.39 bits per heavy atom. The van der Waals surface area contributed by atoms with Crippen LogP contribution in [0.25, 0.3) is 0 Å². The molecular weight excluding hydrogens is 294 g/mol. The lowest BCUT2D eigenvalue weighted by atomic mass is 9.98. The first-order chi connectivity index (χ1) is 8.70. The van der Waals surface area contributed by atoms with Crippen LogP contribution in [0.15, 0.2) is 22.7 Å². The SMILES string of the molecule is N#Cc1ccc(Br)cc1NC(=O)[C@H]1CCCNC1. The van der Waals surface area contributed by atoms with Crippen LogP contribution in [-0.4, -0.2) is 19.0 Å². The van der Waals surface area contributed by atoms with Gasteiger partial charge in [-0.1, -0.05) is 15.9 Å². The van der Waals surface area contributed by atoms with Gasteiger partial charge in [-0.2, -0.15) is 5.26 Å². The molecule has 0 aromatic heterocycles. The molecule has 0 bridgehead atoms. The van der Waals surface area contributed by atoms with Crippen LogP contribution < -0.4 is 10.6 Å². The normalized spacial score (nSPS) is 19.0. The molecule has 5 heteroatoms. The zero-order valence-corrected chi connectivity index (χ0v) is 11.5. The van der Waals surface area contributed by atoms with Gasteiger partial charge in [0.05, 0.1) is 17.2 Å². The molecule has 1 atom stereocenters. The van der Waals surface area contributed by atoms with Crippen molar-refractivity contribution in [3.05, 3.63) is 28.2 Å². The van der Waals surface area contributed by atoms with Gasteiger partial charge in [0.25, 0.3) is 0 Å². The van der Waals surface area contributed by atoms with Gasteiger partial charge in [-0.05, 0) is 37.6 Å². The van der Waals surface area contributed by atoms with Crippen LogP contribution >= 0.6 is 15.9 Å². The summed E-state index contributed by atoms with van der Waals surface area (Å²) in [6.07, 6.45) is 1.91. The maximum absolute atomic E-state index is 12.1. The van der Waals surface area contributed by atoms with E-state index < -0.39 is 0 Å². The number of anilines is 1. The fraction of sp³-hybridized carbons (Fsp3) is 0.385. The van der Waals surface area contributed by atoms with E-state index in [2.05, 4.69) is 32.6 Å². The van der Waals surface area contributed by atoms with E-state index in [0.29, 0.717) is 17.8 Å². The van der Waals surface area contributed by atoms with Crippen molar-refractivity contribution in [3.63, 3.8) is 0 Å². The molecule has 94 valence electrons. The summed E-state index contributed by atoms with van der Waals surface area (Å²) >= 11 is 3.34. The second kappa shape index (κ2) is 5.98. The highest BCUT2D eigenvalue weighted by Gasteiger charge is 2.21. The number of halogens is 1. The number of benzene rings is 1. The van der Waals surface area contributed by atoms with Crippen molar-refractivity contribution < 1.29 is 4.79 Å². The number of carbonyl (C=O) groups is 1. The Bertz CT molecular complexity index is 489. The maximum atomic E-state index is 12.1. The highest BCUT2D eigenvalue weighted by Crippen LogP contribution is 2.22. The first kappa shape index (κ1) is 13.1. The van der Waals surface area contributed by atoms with Crippen molar-refractivity contribution in [2.75, 3.05) is 18.4 Å². The lowest BCUT2D eigenvalue weighted by molar-refractivity contribution is -0.120. The molecule has 1 aromatic rings. The number of nitrogens with one attached hydrogen (secondary N) is 2. The third-order valence-corrected chi connectivity index (χ3v) is 3.52. The third kappa shape index (κ3) is 3.09. The molecular formula is C13H14BrN3O. The van der Waals surface area contributed by atoms with Crippen LogP contribution in [0.3, 0.4) is 0 Å². The van der Waals surface area contributed by atoms with Gasteiger partial charge in [0, 0.05) is 11.0 Å². The number of amides is 1. The van der Waals surface area contributed by atoms with Crippen molar-refractivity contribution in [2.45, 2.75) is 12.8 Å². The highest BCUT2D eigenvalue weighted by molar-refractivity contribution is 9.10. The van der Waals surface area contributed by atoms with E-state index in [1.807, 2.05) is 0 Å². The zero-order valence-electron chi connectivity index (χ0n) is 9.87. The predicted octanol–water partition coefficient (Wildman–Crippen LogP) is 2.26. The fourth-order valence-electron chi connectivity index (χ4n) is 2.03. The van der Waals surface area contributed by atoms with Gasteiger partial charge in [0.15, 0.2) is 0 Å². The molecule has 1 heterocycles. The molecule has 0 spiro atoms. The Kier molecular flexibility index (Phi) is 4.34. The molecule has 2 rings (SSSR count). The van der Waals surface area contributed by atoms with Gasteiger partial charge in [0.2, 0.25) is 5.91 Å². The van der Waals surface area contributed by atoms with Gasteiger partial charge in [-0.25, -0.2) is 0 Å². The molecule has 18 heavy (non-hydrogen) atoms. The Hall–Kier alpha value is -1.38. The molecule has 0 saturated carbocycles. The van der Waals surface area contributed by atoms with Crippen LogP contribution in [0.1, 0.15) is 18.4 Å². The molecule has 1 amide bonds. The van der Waals surface area contributed by atoms with Gasteiger partial charge in [-0.15, -0.1) is 0 Å². The second-order valence-electron chi connectivity index (χ2n) is 4.33. The quantitative estimate of drug-likeness (QED) is 0.881. The molecule has 4 nitrogen and oxygen atoms in total. The topological polar surface area (TPSA) is 64.9 Å². The predicted molar refractivity (Wildman–Crippen MR) is 73.1 cm³/mol. The Labute approximate surface area is 115 Å². The standard InChI is InChI=1S/C13H14BrN3O/c14-11-4-3-9(7-15)12(6-11)17-13(18)10-2-1-5-16-8-10/h3-4,6,10,16H,1-2,5,8H2,(H,17,18)/t10-/m0/s1. The van der Waals surface area contributed by atoms with E-state index in [1.54, 1.807) is 18.2 Å². The van der Waals surface area contributed by atoms with Crippen LogP contribution in [0.2, 0.25) is 0 Å². The molecule has 1 aromatic carbocycles. The number of piperidine rings is 1.